The van der Waals surface area contributed by atoms with Crippen LogP contribution in [-0.2, 0) is 12.8 Å². The fourth-order valence-electron chi connectivity index (χ4n) is 2.08. The molecule has 3 heteroatoms. The van der Waals surface area contributed by atoms with Crippen LogP contribution < -0.4 is 5.32 Å². The minimum absolute atomic E-state index is 0.160. The Labute approximate surface area is 98.2 Å². The van der Waals surface area contributed by atoms with Crippen molar-refractivity contribution in [1.29, 1.82) is 0 Å². The van der Waals surface area contributed by atoms with Crippen LogP contribution in [0, 0.1) is 0 Å². The van der Waals surface area contributed by atoms with Crippen molar-refractivity contribution in [2.75, 3.05) is 13.6 Å². The molecule has 1 N–H and O–H groups in total. The van der Waals surface area contributed by atoms with E-state index in [1.54, 1.807) is 7.05 Å². The number of Topliss-reactive ketones (excluding diaryl/α,β-unsaturated/α-hetero) is 1. The van der Waals surface area contributed by atoms with Crippen LogP contribution in [0.3, 0.4) is 0 Å². The third-order valence-electron chi connectivity index (χ3n) is 2.82. The number of benzene rings is 1. The molecular weight excluding hydrogens is 254 g/mol. The molecule has 0 bridgehead atoms. The molecule has 0 spiro atoms. The summed E-state index contributed by atoms with van der Waals surface area (Å²) in [6.45, 7) is 0.408. The second-order valence-corrected chi connectivity index (χ2v) is 4.76. The molecule has 1 aliphatic carbocycles. The maximum atomic E-state index is 11.7. The predicted octanol–water partition coefficient (Wildman–Crippen LogP) is 2.34. The fourth-order valence-corrected chi connectivity index (χ4v) is 2.78. The third kappa shape index (κ3) is 2.13. The summed E-state index contributed by atoms with van der Waals surface area (Å²) in [4.78, 5) is 11.7. The summed E-state index contributed by atoms with van der Waals surface area (Å²) in [6, 6.07) is 4.00. The molecule has 0 aromatic heterocycles. The molecule has 0 amide bonds. The van der Waals surface area contributed by atoms with Crippen LogP contribution in [-0.4, -0.2) is 19.4 Å². The van der Waals surface area contributed by atoms with Gasteiger partial charge in [0.05, 0.1) is 6.54 Å². The van der Waals surface area contributed by atoms with Gasteiger partial charge in [0.15, 0.2) is 5.78 Å². The number of ketones is 1. The standard InChI is InChI=1S/C12H14BrNO/c1-14-7-12(15)9-5-8-3-2-4-10(8)11(13)6-9/h5-6,14H,2-4,7H2,1H3. The van der Waals surface area contributed by atoms with Gasteiger partial charge in [-0.05, 0) is 49.6 Å². The zero-order valence-corrected chi connectivity index (χ0v) is 10.4. The van der Waals surface area contributed by atoms with Crippen LogP contribution in [0.15, 0.2) is 16.6 Å². The molecule has 2 rings (SSSR count). The van der Waals surface area contributed by atoms with Gasteiger partial charge in [-0.25, -0.2) is 0 Å². The van der Waals surface area contributed by atoms with E-state index in [1.165, 1.54) is 17.5 Å². The second kappa shape index (κ2) is 4.45. The largest absolute Gasteiger partial charge is 0.313 e. The first-order valence-electron chi connectivity index (χ1n) is 5.21. The molecule has 15 heavy (non-hydrogen) atoms. The number of carbonyl (C=O) groups excluding carboxylic acids is 1. The van der Waals surface area contributed by atoms with E-state index in [4.69, 9.17) is 0 Å². The van der Waals surface area contributed by atoms with Gasteiger partial charge >= 0.3 is 0 Å². The SMILES string of the molecule is CNCC(=O)c1cc(Br)c2c(c1)CCC2. The summed E-state index contributed by atoms with van der Waals surface area (Å²) in [5.41, 5.74) is 3.54. The van der Waals surface area contributed by atoms with E-state index in [9.17, 15) is 4.79 Å². The lowest BCUT2D eigenvalue weighted by Gasteiger charge is -2.06. The molecule has 0 fully saturated rings. The van der Waals surface area contributed by atoms with Crippen molar-refractivity contribution in [3.63, 3.8) is 0 Å². The predicted molar refractivity (Wildman–Crippen MR) is 64.4 cm³/mol. The molecule has 0 aliphatic heterocycles. The summed E-state index contributed by atoms with van der Waals surface area (Å²) < 4.78 is 1.09. The Morgan fingerprint density at radius 2 is 2.27 bits per heavy atom. The first kappa shape index (κ1) is 10.8. The molecule has 1 aromatic carbocycles. The van der Waals surface area contributed by atoms with Gasteiger partial charge in [0, 0.05) is 10.0 Å². The van der Waals surface area contributed by atoms with Crippen molar-refractivity contribution in [2.24, 2.45) is 0 Å². The van der Waals surface area contributed by atoms with Gasteiger partial charge in [-0.15, -0.1) is 0 Å². The van der Waals surface area contributed by atoms with Gasteiger partial charge in [-0.1, -0.05) is 15.9 Å². The molecule has 0 heterocycles. The van der Waals surface area contributed by atoms with Crippen LogP contribution in [0.4, 0.5) is 0 Å². The molecule has 0 atom stereocenters. The zero-order valence-electron chi connectivity index (χ0n) is 8.77. The molecule has 1 aliphatic rings. The Balaban J connectivity index is 2.35. The minimum atomic E-state index is 0.160. The highest BCUT2D eigenvalue weighted by Crippen LogP contribution is 2.30. The van der Waals surface area contributed by atoms with Crippen molar-refractivity contribution in [3.8, 4) is 0 Å². The quantitative estimate of drug-likeness (QED) is 0.852. The highest BCUT2D eigenvalue weighted by molar-refractivity contribution is 9.10. The summed E-state index contributed by atoms with van der Waals surface area (Å²) in [5, 5.41) is 2.89. The van der Waals surface area contributed by atoms with Crippen molar-refractivity contribution in [1.82, 2.24) is 5.32 Å². The summed E-state index contributed by atoms with van der Waals surface area (Å²) in [6.07, 6.45) is 3.45. The summed E-state index contributed by atoms with van der Waals surface area (Å²) in [5.74, 6) is 0.160. The fraction of sp³-hybridized carbons (Fsp3) is 0.417. The molecule has 1 aromatic rings. The topological polar surface area (TPSA) is 29.1 Å². The van der Waals surface area contributed by atoms with Crippen molar-refractivity contribution in [3.05, 3.63) is 33.3 Å². The van der Waals surface area contributed by atoms with Gasteiger partial charge in [0.1, 0.15) is 0 Å². The molecule has 0 saturated carbocycles. The molecule has 2 nitrogen and oxygen atoms in total. The number of carbonyl (C=O) groups is 1. The maximum Gasteiger partial charge on any atom is 0.176 e. The molecule has 0 saturated heterocycles. The van der Waals surface area contributed by atoms with E-state index in [0.29, 0.717) is 6.54 Å². The molecule has 80 valence electrons. The highest BCUT2D eigenvalue weighted by Gasteiger charge is 2.17. The van der Waals surface area contributed by atoms with E-state index >= 15 is 0 Å². The summed E-state index contributed by atoms with van der Waals surface area (Å²) >= 11 is 3.54. The molecular formula is C12H14BrNO. The van der Waals surface area contributed by atoms with Gasteiger partial charge in [0.2, 0.25) is 0 Å². The Hall–Kier alpha value is -0.670. The van der Waals surface area contributed by atoms with Crippen molar-refractivity contribution >= 4 is 21.7 Å². The van der Waals surface area contributed by atoms with Crippen molar-refractivity contribution < 1.29 is 4.79 Å². The Morgan fingerprint density at radius 3 is 3.00 bits per heavy atom. The lowest BCUT2D eigenvalue weighted by molar-refractivity contribution is 0.0993. The molecule has 0 unspecified atom stereocenters. The first-order valence-corrected chi connectivity index (χ1v) is 6.01. The minimum Gasteiger partial charge on any atom is -0.313 e. The number of nitrogens with one attached hydrogen (secondary N) is 1. The van der Waals surface area contributed by atoms with Gasteiger partial charge in [-0.3, -0.25) is 4.79 Å². The van der Waals surface area contributed by atoms with E-state index in [2.05, 4.69) is 21.2 Å². The number of aryl methyl sites for hydroxylation is 1. The Morgan fingerprint density at radius 1 is 1.47 bits per heavy atom. The normalized spacial score (nSPS) is 14.0. The van der Waals surface area contributed by atoms with Crippen LogP contribution in [0.2, 0.25) is 0 Å². The number of halogens is 1. The third-order valence-corrected chi connectivity index (χ3v) is 3.53. The zero-order chi connectivity index (χ0) is 10.8. The van der Waals surface area contributed by atoms with Gasteiger partial charge in [0.25, 0.3) is 0 Å². The first-order chi connectivity index (χ1) is 7.22. The van der Waals surface area contributed by atoms with Crippen LogP contribution >= 0.6 is 15.9 Å². The number of hydrogen-bond donors (Lipinski definition) is 1. The maximum absolute atomic E-state index is 11.7. The Bertz CT molecular complexity index is 401. The van der Waals surface area contributed by atoms with E-state index < -0.39 is 0 Å². The average molecular weight is 268 g/mol. The summed E-state index contributed by atoms with van der Waals surface area (Å²) in [7, 11) is 1.79. The number of rotatable bonds is 3. The van der Waals surface area contributed by atoms with Crippen LogP contribution in [0.5, 0.6) is 0 Å². The van der Waals surface area contributed by atoms with Gasteiger partial charge in [-0.2, -0.15) is 0 Å². The second-order valence-electron chi connectivity index (χ2n) is 3.90. The smallest absolute Gasteiger partial charge is 0.176 e. The van der Waals surface area contributed by atoms with Crippen LogP contribution in [0.25, 0.3) is 0 Å². The average Bonchev–Trinajstić information content (AvgIpc) is 2.66. The van der Waals surface area contributed by atoms with Crippen LogP contribution in [0.1, 0.15) is 27.9 Å². The Kier molecular flexibility index (Phi) is 3.22. The van der Waals surface area contributed by atoms with E-state index in [0.717, 1.165) is 22.9 Å². The highest BCUT2D eigenvalue weighted by atomic mass is 79.9. The van der Waals surface area contributed by atoms with Crippen molar-refractivity contribution in [2.45, 2.75) is 19.3 Å². The number of hydrogen-bond acceptors (Lipinski definition) is 2. The van der Waals surface area contributed by atoms with E-state index in [1.807, 2.05) is 12.1 Å². The van der Waals surface area contributed by atoms with E-state index in [-0.39, 0.29) is 5.78 Å². The number of likely N-dealkylation sites (N-methyl/N-ethyl adjacent to an activating group) is 1. The number of fused-ring (bicyclic) bond motifs is 1. The molecule has 0 radical (unpaired) electrons. The van der Waals surface area contributed by atoms with Gasteiger partial charge < -0.3 is 5.32 Å². The monoisotopic (exact) mass is 267 g/mol. The lowest BCUT2D eigenvalue weighted by atomic mass is 10.0. The lowest BCUT2D eigenvalue weighted by Crippen LogP contribution is -2.18.